The SMILES string of the molecule is Cc1ccc(C(O)COn2cc3ccccc3c2C(=O)C=O)cc1. The van der Waals surface area contributed by atoms with Crippen LogP contribution in [-0.4, -0.2) is 28.5 Å². The van der Waals surface area contributed by atoms with Gasteiger partial charge in [0.2, 0.25) is 5.78 Å². The summed E-state index contributed by atoms with van der Waals surface area (Å²) in [5.74, 6) is -0.666. The van der Waals surface area contributed by atoms with Gasteiger partial charge in [0.05, 0.1) is 6.20 Å². The van der Waals surface area contributed by atoms with Crippen LogP contribution in [0, 0.1) is 6.92 Å². The molecule has 1 atom stereocenters. The maximum Gasteiger partial charge on any atom is 0.245 e. The predicted octanol–water partition coefficient (Wildman–Crippen LogP) is 2.49. The molecule has 1 heterocycles. The predicted molar refractivity (Wildman–Crippen MR) is 89.9 cm³/mol. The molecule has 0 amide bonds. The highest BCUT2D eigenvalue weighted by Crippen LogP contribution is 2.21. The van der Waals surface area contributed by atoms with Crippen LogP contribution in [-0.2, 0) is 4.79 Å². The molecule has 0 spiro atoms. The first-order chi connectivity index (χ1) is 11.6. The van der Waals surface area contributed by atoms with Crippen molar-refractivity contribution < 1.29 is 19.5 Å². The maximum atomic E-state index is 11.9. The number of aldehydes is 1. The minimum atomic E-state index is -0.838. The zero-order chi connectivity index (χ0) is 17.1. The smallest absolute Gasteiger partial charge is 0.245 e. The number of aromatic nitrogens is 1. The molecule has 1 N–H and O–H groups in total. The number of fused-ring (bicyclic) bond motifs is 1. The summed E-state index contributed by atoms with van der Waals surface area (Å²) < 4.78 is 1.26. The van der Waals surface area contributed by atoms with Crippen molar-refractivity contribution in [2.75, 3.05) is 6.61 Å². The Bertz CT molecular complexity index is 880. The molecule has 3 rings (SSSR count). The fourth-order valence-corrected chi connectivity index (χ4v) is 2.57. The summed E-state index contributed by atoms with van der Waals surface area (Å²) in [6.07, 6.45) is 1.06. The van der Waals surface area contributed by atoms with E-state index in [0.29, 0.717) is 5.39 Å². The first-order valence-electron chi connectivity index (χ1n) is 7.57. The minimum Gasteiger partial charge on any atom is -0.411 e. The molecule has 0 radical (unpaired) electrons. The maximum absolute atomic E-state index is 11.9. The molecular formula is C19H17NO4. The van der Waals surface area contributed by atoms with E-state index in [0.717, 1.165) is 16.5 Å². The molecular weight excluding hydrogens is 306 g/mol. The summed E-state index contributed by atoms with van der Waals surface area (Å²) in [6, 6.07) is 14.7. The summed E-state index contributed by atoms with van der Waals surface area (Å²) in [4.78, 5) is 28.4. The molecule has 0 aliphatic heterocycles. The van der Waals surface area contributed by atoms with E-state index in [2.05, 4.69) is 0 Å². The second-order valence-electron chi connectivity index (χ2n) is 5.60. The number of aliphatic hydroxyl groups is 1. The van der Waals surface area contributed by atoms with Gasteiger partial charge in [0.25, 0.3) is 0 Å². The third-order valence-corrected chi connectivity index (χ3v) is 3.87. The summed E-state index contributed by atoms with van der Waals surface area (Å²) in [6.45, 7) is 1.93. The van der Waals surface area contributed by atoms with E-state index in [-0.39, 0.29) is 18.6 Å². The largest absolute Gasteiger partial charge is 0.411 e. The molecule has 0 saturated carbocycles. The van der Waals surface area contributed by atoms with E-state index in [1.807, 2.05) is 43.3 Å². The fourth-order valence-electron chi connectivity index (χ4n) is 2.57. The Morgan fingerprint density at radius 1 is 1.21 bits per heavy atom. The van der Waals surface area contributed by atoms with Gasteiger partial charge in [-0.05, 0) is 12.5 Å². The Morgan fingerprint density at radius 3 is 2.62 bits per heavy atom. The van der Waals surface area contributed by atoms with Gasteiger partial charge in [-0.2, -0.15) is 4.73 Å². The van der Waals surface area contributed by atoms with Crippen molar-refractivity contribution in [2.24, 2.45) is 0 Å². The van der Waals surface area contributed by atoms with Crippen LogP contribution in [0.1, 0.15) is 27.7 Å². The van der Waals surface area contributed by atoms with E-state index >= 15 is 0 Å². The number of hydrogen-bond acceptors (Lipinski definition) is 4. The van der Waals surface area contributed by atoms with Gasteiger partial charge in [0, 0.05) is 10.8 Å². The van der Waals surface area contributed by atoms with Crippen molar-refractivity contribution in [3.63, 3.8) is 0 Å². The Labute approximate surface area is 139 Å². The lowest BCUT2D eigenvalue weighted by Gasteiger charge is -2.14. The van der Waals surface area contributed by atoms with Crippen molar-refractivity contribution in [3.05, 3.63) is 71.5 Å². The van der Waals surface area contributed by atoms with E-state index in [4.69, 9.17) is 4.84 Å². The number of carbonyl (C=O) groups excluding carboxylic acids is 2. The molecule has 0 bridgehead atoms. The third-order valence-electron chi connectivity index (χ3n) is 3.87. The van der Waals surface area contributed by atoms with Crippen molar-refractivity contribution >= 4 is 22.8 Å². The van der Waals surface area contributed by atoms with Gasteiger partial charge in [0.15, 0.2) is 6.29 Å². The van der Waals surface area contributed by atoms with Crippen molar-refractivity contribution in [3.8, 4) is 0 Å². The number of nitrogens with zero attached hydrogens (tertiary/aromatic N) is 1. The lowest BCUT2D eigenvalue weighted by molar-refractivity contribution is -0.104. The van der Waals surface area contributed by atoms with Crippen LogP contribution in [0.5, 0.6) is 0 Å². The van der Waals surface area contributed by atoms with Crippen LogP contribution in [0.4, 0.5) is 0 Å². The van der Waals surface area contributed by atoms with Crippen LogP contribution >= 0.6 is 0 Å². The summed E-state index contributed by atoms with van der Waals surface area (Å²) in [5.41, 5.74) is 1.99. The molecule has 0 aliphatic rings. The molecule has 3 aromatic rings. The third kappa shape index (κ3) is 3.07. The number of ketones is 1. The average Bonchev–Trinajstić information content (AvgIpc) is 2.98. The van der Waals surface area contributed by atoms with E-state index in [9.17, 15) is 14.7 Å². The van der Waals surface area contributed by atoms with Gasteiger partial charge in [-0.1, -0.05) is 54.1 Å². The van der Waals surface area contributed by atoms with Crippen LogP contribution in [0.2, 0.25) is 0 Å². The lowest BCUT2D eigenvalue weighted by Crippen LogP contribution is -2.22. The molecule has 0 aliphatic carbocycles. The number of carbonyl (C=O) groups is 2. The number of hydrogen-bond donors (Lipinski definition) is 1. The zero-order valence-corrected chi connectivity index (χ0v) is 13.2. The van der Waals surface area contributed by atoms with Gasteiger partial charge in [-0.3, -0.25) is 9.59 Å². The number of Topliss-reactive ketones (excluding diaryl/α,β-unsaturated/α-hetero) is 1. The molecule has 1 aromatic heterocycles. The Morgan fingerprint density at radius 2 is 1.92 bits per heavy atom. The topological polar surface area (TPSA) is 68.5 Å². The Hall–Kier alpha value is -2.92. The second-order valence-corrected chi connectivity index (χ2v) is 5.60. The first kappa shape index (κ1) is 16.0. The highest BCUT2D eigenvalue weighted by Gasteiger charge is 2.18. The van der Waals surface area contributed by atoms with Gasteiger partial charge < -0.3 is 9.94 Å². The van der Waals surface area contributed by atoms with Gasteiger partial charge in [-0.15, -0.1) is 0 Å². The standard InChI is InChI=1S/C19H17NO4/c1-13-6-8-14(9-7-13)18(23)12-24-20-10-15-4-2-3-5-16(15)19(20)17(22)11-21/h2-11,18,23H,12H2,1H3. The normalized spacial score (nSPS) is 12.1. The van der Waals surface area contributed by atoms with Crippen LogP contribution in [0.3, 0.4) is 0 Å². The first-order valence-corrected chi connectivity index (χ1v) is 7.57. The molecule has 122 valence electrons. The molecule has 5 nitrogen and oxygen atoms in total. The summed E-state index contributed by atoms with van der Waals surface area (Å²) in [5, 5.41) is 11.7. The molecule has 2 aromatic carbocycles. The molecule has 1 unspecified atom stereocenters. The zero-order valence-electron chi connectivity index (χ0n) is 13.2. The number of aliphatic hydroxyl groups excluding tert-OH is 1. The van der Waals surface area contributed by atoms with E-state index in [1.54, 1.807) is 18.3 Å². The number of aryl methyl sites for hydroxylation is 1. The Kier molecular flexibility index (Phi) is 4.44. The van der Waals surface area contributed by atoms with Gasteiger partial charge in [0.1, 0.15) is 18.4 Å². The van der Waals surface area contributed by atoms with E-state index in [1.165, 1.54) is 4.73 Å². The highest BCUT2D eigenvalue weighted by atomic mass is 16.7. The van der Waals surface area contributed by atoms with Crippen LogP contribution in [0.15, 0.2) is 54.7 Å². The number of rotatable bonds is 6. The molecule has 5 heteroatoms. The summed E-state index contributed by atoms with van der Waals surface area (Å²) >= 11 is 0. The van der Waals surface area contributed by atoms with Crippen molar-refractivity contribution in [1.82, 2.24) is 4.73 Å². The van der Waals surface area contributed by atoms with Crippen molar-refractivity contribution in [1.29, 1.82) is 0 Å². The van der Waals surface area contributed by atoms with Crippen molar-refractivity contribution in [2.45, 2.75) is 13.0 Å². The quantitative estimate of drug-likeness (QED) is 0.430. The Balaban J connectivity index is 1.85. The summed E-state index contributed by atoms with van der Waals surface area (Å²) in [7, 11) is 0. The van der Waals surface area contributed by atoms with E-state index < -0.39 is 11.9 Å². The monoisotopic (exact) mass is 323 g/mol. The molecule has 0 saturated heterocycles. The average molecular weight is 323 g/mol. The fraction of sp³-hybridized carbons (Fsp3) is 0.158. The minimum absolute atomic E-state index is 0.0385. The highest BCUT2D eigenvalue weighted by molar-refractivity contribution is 6.35. The van der Waals surface area contributed by atoms with Gasteiger partial charge in [-0.25, -0.2) is 0 Å². The lowest BCUT2D eigenvalue weighted by atomic mass is 10.1. The molecule has 24 heavy (non-hydrogen) atoms. The number of benzene rings is 2. The molecule has 0 fully saturated rings. The van der Waals surface area contributed by atoms with Crippen LogP contribution < -0.4 is 4.84 Å². The van der Waals surface area contributed by atoms with Crippen LogP contribution in [0.25, 0.3) is 10.8 Å². The van der Waals surface area contributed by atoms with Gasteiger partial charge >= 0.3 is 0 Å². The second kappa shape index (κ2) is 6.68.